The zero-order valence-corrected chi connectivity index (χ0v) is 13.6. The number of nitrogens with one attached hydrogen (secondary N) is 1. The van der Waals surface area contributed by atoms with Crippen LogP contribution in [0, 0.1) is 0 Å². The zero-order valence-electron chi connectivity index (χ0n) is 12.8. The monoisotopic (exact) mass is 309 g/mol. The second kappa shape index (κ2) is 6.67. The number of halogens is 1. The summed E-state index contributed by atoms with van der Waals surface area (Å²) in [5.74, 6) is 0. The van der Waals surface area contributed by atoms with E-state index < -0.39 is 0 Å². The summed E-state index contributed by atoms with van der Waals surface area (Å²) in [6, 6.07) is 6.65. The third kappa shape index (κ3) is 2.87. The molecule has 4 nitrogen and oxygen atoms in total. The molecule has 21 heavy (non-hydrogen) atoms. The van der Waals surface area contributed by atoms with Gasteiger partial charge in [-0.25, -0.2) is 4.79 Å². The Hall–Kier alpha value is -1.26. The highest BCUT2D eigenvalue weighted by molar-refractivity contribution is 5.85. The van der Waals surface area contributed by atoms with Gasteiger partial charge < -0.3 is 4.98 Å². The second-order valence-electron chi connectivity index (χ2n) is 5.75. The number of aromatic nitrogens is 2. The number of benzene rings is 1. The molecule has 3 rings (SSSR count). The van der Waals surface area contributed by atoms with Crippen LogP contribution in [0.3, 0.4) is 0 Å². The van der Waals surface area contributed by atoms with Crippen LogP contribution in [-0.4, -0.2) is 33.6 Å². The van der Waals surface area contributed by atoms with Gasteiger partial charge in [0.1, 0.15) is 0 Å². The Kier molecular flexibility index (Phi) is 5.12. The summed E-state index contributed by atoms with van der Waals surface area (Å²) in [6.45, 7) is 7.49. The quantitative estimate of drug-likeness (QED) is 0.922. The number of para-hydroxylation sites is 1. The van der Waals surface area contributed by atoms with Gasteiger partial charge in [-0.05, 0) is 44.0 Å². The van der Waals surface area contributed by atoms with Gasteiger partial charge in [-0.1, -0.05) is 26.0 Å². The Balaban J connectivity index is 0.00000161. The van der Waals surface area contributed by atoms with E-state index in [2.05, 4.69) is 29.8 Å². The fourth-order valence-electron chi connectivity index (χ4n) is 3.46. The summed E-state index contributed by atoms with van der Waals surface area (Å²) < 4.78 is 1.93. The van der Waals surface area contributed by atoms with Crippen molar-refractivity contribution in [2.24, 2.45) is 0 Å². The van der Waals surface area contributed by atoms with Gasteiger partial charge in [0.05, 0.1) is 11.0 Å². The van der Waals surface area contributed by atoms with Crippen LogP contribution in [-0.2, 0) is 13.0 Å². The lowest BCUT2D eigenvalue weighted by atomic mass is 9.99. The molecular formula is C16H24ClN3O. The molecule has 0 saturated carbocycles. The number of aromatic amines is 1. The van der Waals surface area contributed by atoms with Crippen LogP contribution in [0.4, 0.5) is 0 Å². The Morgan fingerprint density at radius 2 is 2.00 bits per heavy atom. The van der Waals surface area contributed by atoms with Crippen LogP contribution >= 0.6 is 12.4 Å². The number of imidazole rings is 1. The zero-order chi connectivity index (χ0) is 14.1. The van der Waals surface area contributed by atoms with Crippen molar-refractivity contribution in [1.29, 1.82) is 0 Å². The summed E-state index contributed by atoms with van der Waals surface area (Å²) in [4.78, 5) is 17.6. The van der Waals surface area contributed by atoms with E-state index in [-0.39, 0.29) is 18.1 Å². The maximum Gasteiger partial charge on any atom is 0.326 e. The van der Waals surface area contributed by atoms with Gasteiger partial charge in [0.15, 0.2) is 0 Å². The Labute approximate surface area is 131 Å². The number of hydrogen-bond donors (Lipinski definition) is 1. The molecule has 0 unspecified atom stereocenters. The van der Waals surface area contributed by atoms with Crippen LogP contribution < -0.4 is 5.69 Å². The highest BCUT2D eigenvalue weighted by Gasteiger charge is 2.26. The summed E-state index contributed by atoms with van der Waals surface area (Å²) in [6.07, 6.45) is 3.37. The standard InChI is InChI=1S/C16H23N3O.ClH/c1-3-8-18(9-4-2)13-10-12-6-5-7-14-15(12)19(11-13)16(20)17-14;/h5-7,13H,3-4,8-11H2,1-2H3,(H,17,20);1H/t13-;/m0./s1. The fraction of sp³-hybridized carbons (Fsp3) is 0.562. The van der Waals surface area contributed by atoms with Gasteiger partial charge in [-0.15, -0.1) is 12.4 Å². The molecule has 0 radical (unpaired) electrons. The topological polar surface area (TPSA) is 41.0 Å². The van der Waals surface area contributed by atoms with E-state index in [0.29, 0.717) is 6.04 Å². The first-order chi connectivity index (χ1) is 9.74. The average molecular weight is 310 g/mol. The fourth-order valence-corrected chi connectivity index (χ4v) is 3.46. The van der Waals surface area contributed by atoms with Crippen molar-refractivity contribution in [3.63, 3.8) is 0 Å². The molecule has 2 heterocycles. The van der Waals surface area contributed by atoms with Crippen molar-refractivity contribution in [2.75, 3.05) is 13.1 Å². The second-order valence-corrected chi connectivity index (χ2v) is 5.75. The first kappa shape index (κ1) is 16.1. The molecule has 1 atom stereocenters. The minimum Gasteiger partial charge on any atom is -0.306 e. The van der Waals surface area contributed by atoms with Gasteiger partial charge in [0, 0.05) is 12.6 Å². The van der Waals surface area contributed by atoms with Crippen molar-refractivity contribution in [3.05, 3.63) is 34.2 Å². The molecule has 2 aromatic rings. The maximum atomic E-state index is 12.1. The average Bonchev–Trinajstić information content (AvgIpc) is 2.77. The van der Waals surface area contributed by atoms with Gasteiger partial charge in [0.2, 0.25) is 0 Å². The molecule has 1 aliphatic rings. The lowest BCUT2D eigenvalue weighted by Crippen LogP contribution is -2.44. The van der Waals surface area contributed by atoms with Crippen LogP contribution in [0.15, 0.2) is 23.0 Å². The van der Waals surface area contributed by atoms with Crippen molar-refractivity contribution in [2.45, 2.75) is 45.7 Å². The van der Waals surface area contributed by atoms with E-state index in [1.807, 2.05) is 16.7 Å². The minimum atomic E-state index is 0. The molecule has 116 valence electrons. The number of hydrogen-bond acceptors (Lipinski definition) is 2. The van der Waals surface area contributed by atoms with E-state index in [4.69, 9.17) is 0 Å². The van der Waals surface area contributed by atoms with Crippen LogP contribution in [0.5, 0.6) is 0 Å². The van der Waals surface area contributed by atoms with Gasteiger partial charge in [-0.3, -0.25) is 9.47 Å². The first-order valence-electron chi connectivity index (χ1n) is 7.69. The number of H-pyrrole nitrogens is 1. The van der Waals surface area contributed by atoms with E-state index in [0.717, 1.165) is 49.9 Å². The van der Waals surface area contributed by atoms with E-state index in [9.17, 15) is 4.79 Å². The molecule has 0 fully saturated rings. The largest absolute Gasteiger partial charge is 0.326 e. The van der Waals surface area contributed by atoms with Crippen LogP contribution in [0.2, 0.25) is 0 Å². The van der Waals surface area contributed by atoms with Gasteiger partial charge >= 0.3 is 5.69 Å². The van der Waals surface area contributed by atoms with Crippen molar-refractivity contribution < 1.29 is 0 Å². The van der Waals surface area contributed by atoms with E-state index in [1.165, 1.54) is 5.56 Å². The summed E-state index contributed by atoms with van der Waals surface area (Å²) in [5.41, 5.74) is 3.42. The Morgan fingerprint density at radius 3 is 2.67 bits per heavy atom. The third-order valence-corrected chi connectivity index (χ3v) is 4.26. The van der Waals surface area contributed by atoms with Crippen LogP contribution in [0.25, 0.3) is 11.0 Å². The summed E-state index contributed by atoms with van der Waals surface area (Å²) >= 11 is 0. The summed E-state index contributed by atoms with van der Waals surface area (Å²) in [5, 5.41) is 0. The molecule has 0 aliphatic carbocycles. The normalized spacial score (nSPS) is 17.2. The minimum absolute atomic E-state index is 0. The van der Waals surface area contributed by atoms with Crippen molar-refractivity contribution in [3.8, 4) is 0 Å². The first-order valence-corrected chi connectivity index (χ1v) is 7.69. The van der Waals surface area contributed by atoms with E-state index in [1.54, 1.807) is 0 Å². The number of rotatable bonds is 5. The summed E-state index contributed by atoms with van der Waals surface area (Å²) in [7, 11) is 0. The molecule has 1 aromatic carbocycles. The van der Waals surface area contributed by atoms with Crippen LogP contribution in [0.1, 0.15) is 32.3 Å². The lowest BCUT2D eigenvalue weighted by Gasteiger charge is -2.34. The molecule has 0 bridgehead atoms. The highest BCUT2D eigenvalue weighted by atomic mass is 35.5. The third-order valence-electron chi connectivity index (χ3n) is 4.26. The SMILES string of the molecule is CCCN(CCC)[C@H]1Cc2cccc3[nH]c(=O)n(c23)C1.Cl. The van der Waals surface area contributed by atoms with Gasteiger partial charge in [-0.2, -0.15) is 0 Å². The molecular weight excluding hydrogens is 286 g/mol. The molecule has 1 aliphatic heterocycles. The maximum absolute atomic E-state index is 12.1. The molecule has 5 heteroatoms. The molecule has 0 spiro atoms. The van der Waals surface area contributed by atoms with E-state index >= 15 is 0 Å². The van der Waals surface area contributed by atoms with Crippen molar-refractivity contribution >= 4 is 23.4 Å². The highest BCUT2D eigenvalue weighted by Crippen LogP contribution is 2.25. The lowest BCUT2D eigenvalue weighted by molar-refractivity contribution is 0.173. The number of nitrogens with zero attached hydrogens (tertiary/aromatic N) is 2. The molecule has 0 amide bonds. The Bertz CT molecular complexity index is 655. The smallest absolute Gasteiger partial charge is 0.306 e. The van der Waals surface area contributed by atoms with Gasteiger partial charge in [0.25, 0.3) is 0 Å². The van der Waals surface area contributed by atoms with Crippen molar-refractivity contribution in [1.82, 2.24) is 14.5 Å². The predicted octanol–water partition coefficient (Wildman–Crippen LogP) is 2.80. The molecule has 1 N–H and O–H groups in total. The molecule has 0 saturated heterocycles. The Morgan fingerprint density at radius 1 is 1.29 bits per heavy atom. The predicted molar refractivity (Wildman–Crippen MR) is 89.5 cm³/mol. The molecule has 1 aromatic heterocycles.